The summed E-state index contributed by atoms with van der Waals surface area (Å²) in [5.74, 6) is 1.89. The minimum Gasteiger partial charge on any atom is -0.497 e. The van der Waals surface area contributed by atoms with Crippen LogP contribution in [0.15, 0.2) is 59.1 Å². The lowest BCUT2D eigenvalue weighted by molar-refractivity contribution is -0.129. The van der Waals surface area contributed by atoms with E-state index in [4.69, 9.17) is 9.47 Å². The Morgan fingerprint density at radius 3 is 2.55 bits per heavy atom. The quantitative estimate of drug-likeness (QED) is 0.765. The molecule has 7 heteroatoms. The minimum absolute atomic E-state index is 0.0145. The highest BCUT2D eigenvalue weighted by Crippen LogP contribution is 2.45. The lowest BCUT2D eigenvalue weighted by Crippen LogP contribution is -2.47. The van der Waals surface area contributed by atoms with Gasteiger partial charge in [0, 0.05) is 23.6 Å². The maximum absolute atomic E-state index is 13.0. The molecule has 0 spiro atoms. The molecule has 0 unspecified atom stereocenters. The summed E-state index contributed by atoms with van der Waals surface area (Å²) in [4.78, 5) is 16.9. The summed E-state index contributed by atoms with van der Waals surface area (Å²) >= 11 is 1.52. The number of nitriles is 1. The van der Waals surface area contributed by atoms with Gasteiger partial charge >= 0.3 is 0 Å². The van der Waals surface area contributed by atoms with Gasteiger partial charge in [0.05, 0.1) is 43.4 Å². The summed E-state index contributed by atoms with van der Waals surface area (Å²) in [6, 6.07) is 17.7. The molecular weight excluding hydrogens is 386 g/mol. The largest absolute Gasteiger partial charge is 0.497 e. The van der Waals surface area contributed by atoms with Crippen molar-refractivity contribution in [3.8, 4) is 17.6 Å². The summed E-state index contributed by atoms with van der Waals surface area (Å²) in [6.45, 7) is 0.428. The number of hydrogen-bond donors (Lipinski definition) is 0. The molecule has 0 N–H and O–H groups in total. The van der Waals surface area contributed by atoms with Gasteiger partial charge < -0.3 is 14.4 Å². The van der Waals surface area contributed by atoms with Gasteiger partial charge in [0.1, 0.15) is 11.5 Å². The lowest BCUT2D eigenvalue weighted by atomic mass is 9.86. The first-order valence-corrected chi connectivity index (χ1v) is 10.2. The number of ether oxygens (including phenoxy) is 2. The molecule has 0 aliphatic carbocycles. The molecule has 2 aliphatic heterocycles. The second-order valence-electron chi connectivity index (χ2n) is 6.80. The number of benzene rings is 2. The van der Waals surface area contributed by atoms with Crippen molar-refractivity contribution in [1.29, 1.82) is 5.26 Å². The van der Waals surface area contributed by atoms with E-state index < -0.39 is 0 Å². The second-order valence-corrected chi connectivity index (χ2v) is 7.74. The summed E-state index contributed by atoms with van der Waals surface area (Å²) in [7, 11) is 3.24. The Labute approximate surface area is 174 Å². The van der Waals surface area contributed by atoms with Crippen molar-refractivity contribution in [2.24, 2.45) is 0 Å². The predicted molar refractivity (Wildman–Crippen MR) is 113 cm³/mol. The van der Waals surface area contributed by atoms with Crippen LogP contribution < -0.4 is 14.4 Å². The SMILES string of the molecule is COc1ccc(N2CSC3=C(C#N)[C@H](c4ccccc4OC)CC(=O)N3C2)cc1. The second kappa shape index (κ2) is 8.10. The van der Waals surface area contributed by atoms with E-state index in [1.807, 2.05) is 48.5 Å². The van der Waals surface area contributed by atoms with Crippen LogP contribution in [-0.4, -0.2) is 37.6 Å². The summed E-state index contributed by atoms with van der Waals surface area (Å²) in [6.07, 6.45) is 0.254. The zero-order valence-corrected chi connectivity index (χ0v) is 17.1. The number of allylic oxidation sites excluding steroid dienone is 1. The van der Waals surface area contributed by atoms with Gasteiger partial charge in [-0.2, -0.15) is 5.26 Å². The van der Waals surface area contributed by atoms with Crippen LogP contribution in [-0.2, 0) is 4.79 Å². The molecule has 2 heterocycles. The summed E-state index contributed by atoms with van der Waals surface area (Å²) in [5.41, 5.74) is 2.52. The van der Waals surface area contributed by atoms with Crippen molar-refractivity contribution >= 4 is 23.4 Å². The molecule has 4 rings (SSSR count). The first-order chi connectivity index (χ1) is 14.2. The van der Waals surface area contributed by atoms with Gasteiger partial charge in [-0.05, 0) is 30.3 Å². The van der Waals surface area contributed by atoms with Crippen LogP contribution in [0.25, 0.3) is 0 Å². The number of methoxy groups -OCH3 is 2. The van der Waals surface area contributed by atoms with Crippen molar-refractivity contribution in [2.45, 2.75) is 12.3 Å². The Bertz CT molecular complexity index is 997. The van der Waals surface area contributed by atoms with Crippen LogP contribution in [0, 0.1) is 11.3 Å². The first-order valence-electron chi connectivity index (χ1n) is 9.25. The predicted octanol–water partition coefficient (Wildman–Crippen LogP) is 3.92. The number of carbonyl (C=O) groups excluding carboxylic acids is 1. The Hall–Kier alpha value is -3.11. The van der Waals surface area contributed by atoms with Crippen molar-refractivity contribution in [3.05, 3.63) is 64.7 Å². The van der Waals surface area contributed by atoms with Gasteiger partial charge in [-0.15, -0.1) is 0 Å². The normalized spacial score (nSPS) is 18.9. The van der Waals surface area contributed by atoms with E-state index in [9.17, 15) is 10.1 Å². The van der Waals surface area contributed by atoms with Gasteiger partial charge in [-0.1, -0.05) is 30.0 Å². The number of carbonyl (C=O) groups is 1. The fourth-order valence-electron chi connectivity index (χ4n) is 3.74. The van der Waals surface area contributed by atoms with Gasteiger partial charge in [0.15, 0.2) is 0 Å². The fourth-order valence-corrected chi connectivity index (χ4v) is 4.91. The van der Waals surface area contributed by atoms with E-state index in [0.717, 1.165) is 22.0 Å². The topological polar surface area (TPSA) is 65.8 Å². The molecule has 0 bridgehead atoms. The molecule has 2 aliphatic rings. The number of rotatable bonds is 4. The van der Waals surface area contributed by atoms with E-state index in [2.05, 4.69) is 11.0 Å². The minimum atomic E-state index is -0.282. The van der Waals surface area contributed by atoms with Crippen molar-refractivity contribution < 1.29 is 14.3 Å². The van der Waals surface area contributed by atoms with Crippen LogP contribution in [0.1, 0.15) is 17.9 Å². The molecule has 0 aromatic heterocycles. The van der Waals surface area contributed by atoms with Gasteiger partial charge in [-0.25, -0.2) is 0 Å². The Morgan fingerprint density at radius 1 is 1.10 bits per heavy atom. The first kappa shape index (κ1) is 19.2. The number of nitrogens with zero attached hydrogens (tertiary/aromatic N) is 3. The van der Waals surface area contributed by atoms with E-state index >= 15 is 0 Å². The van der Waals surface area contributed by atoms with Crippen LogP contribution in [0.5, 0.6) is 11.5 Å². The molecule has 2 aromatic rings. The third-order valence-corrected chi connectivity index (χ3v) is 6.40. The maximum Gasteiger partial charge on any atom is 0.229 e. The highest BCUT2D eigenvalue weighted by molar-refractivity contribution is 8.03. The summed E-state index contributed by atoms with van der Waals surface area (Å²) in [5, 5.41) is 10.7. The zero-order valence-electron chi connectivity index (χ0n) is 16.3. The number of thioether (sulfide) groups is 1. The monoisotopic (exact) mass is 407 g/mol. The molecule has 2 aromatic carbocycles. The van der Waals surface area contributed by atoms with Crippen molar-refractivity contribution in [3.63, 3.8) is 0 Å². The van der Waals surface area contributed by atoms with E-state index in [-0.39, 0.29) is 18.2 Å². The number of hydrogen-bond acceptors (Lipinski definition) is 6. The molecule has 1 amide bonds. The Kier molecular flexibility index (Phi) is 5.36. The number of fused-ring (bicyclic) bond motifs is 1. The van der Waals surface area contributed by atoms with Crippen LogP contribution in [0.2, 0.25) is 0 Å². The van der Waals surface area contributed by atoms with Gasteiger partial charge in [0.2, 0.25) is 5.91 Å². The number of para-hydroxylation sites is 1. The van der Waals surface area contributed by atoms with E-state index in [0.29, 0.717) is 23.9 Å². The van der Waals surface area contributed by atoms with E-state index in [1.165, 1.54) is 11.8 Å². The van der Waals surface area contributed by atoms with Crippen molar-refractivity contribution in [1.82, 2.24) is 4.90 Å². The Balaban J connectivity index is 1.65. The molecule has 1 atom stereocenters. The molecule has 6 nitrogen and oxygen atoms in total. The highest BCUT2D eigenvalue weighted by atomic mass is 32.2. The Morgan fingerprint density at radius 2 is 1.86 bits per heavy atom. The van der Waals surface area contributed by atoms with Crippen molar-refractivity contribution in [2.75, 3.05) is 31.7 Å². The molecule has 29 heavy (non-hydrogen) atoms. The van der Waals surface area contributed by atoms with Crippen LogP contribution in [0.4, 0.5) is 5.69 Å². The molecule has 148 valence electrons. The summed E-state index contributed by atoms with van der Waals surface area (Å²) < 4.78 is 10.7. The molecule has 1 fully saturated rings. The number of amides is 1. The molecular formula is C22H21N3O3S. The maximum atomic E-state index is 13.0. The fraction of sp³-hybridized carbons (Fsp3) is 0.273. The van der Waals surface area contributed by atoms with Crippen LogP contribution >= 0.6 is 11.8 Å². The number of anilines is 1. The van der Waals surface area contributed by atoms with E-state index in [1.54, 1.807) is 19.1 Å². The average molecular weight is 407 g/mol. The molecule has 0 saturated carbocycles. The third kappa shape index (κ3) is 3.52. The standard InChI is InChI=1S/C22H21N3O3S/c1-27-16-9-7-15(8-10-16)24-13-25-21(26)11-18(19(12-23)22(25)29-14-24)17-5-3-4-6-20(17)28-2/h3-10,18H,11,13-14H2,1-2H3/t18-/m0/s1. The molecule has 0 radical (unpaired) electrons. The smallest absolute Gasteiger partial charge is 0.229 e. The van der Waals surface area contributed by atoms with Gasteiger partial charge in [0.25, 0.3) is 0 Å². The highest BCUT2D eigenvalue weighted by Gasteiger charge is 2.39. The molecule has 1 saturated heterocycles. The third-order valence-electron chi connectivity index (χ3n) is 5.25. The van der Waals surface area contributed by atoms with Crippen LogP contribution in [0.3, 0.4) is 0 Å². The average Bonchev–Trinajstić information content (AvgIpc) is 2.78. The lowest BCUT2D eigenvalue weighted by Gasteiger charge is -2.42. The zero-order chi connectivity index (χ0) is 20.4. The van der Waals surface area contributed by atoms with Gasteiger partial charge in [-0.3, -0.25) is 9.69 Å².